The molecule has 138 valence electrons. The van der Waals surface area contributed by atoms with Crippen LogP contribution in [0.25, 0.3) is 0 Å². The molecule has 1 heterocycles. The molecule has 0 saturated heterocycles. The fraction of sp³-hybridized carbons (Fsp3) is 0.708. The Morgan fingerprint density at radius 3 is 2.96 bits per heavy atom. The Kier molecular flexibility index (Phi) is 3.06. The number of fused-ring (bicyclic) bond motifs is 9. The summed E-state index contributed by atoms with van der Waals surface area (Å²) in [6, 6.07) is 0. The number of hydrogen-bond donors (Lipinski definition) is 0. The number of carbonyl (C=O) groups is 1. The van der Waals surface area contributed by atoms with Gasteiger partial charge in [0, 0.05) is 11.8 Å². The molecule has 1 aliphatic heterocycles. The number of ether oxygens (including phenoxy) is 1. The van der Waals surface area contributed by atoms with Crippen LogP contribution in [-0.4, -0.2) is 18.0 Å². The summed E-state index contributed by atoms with van der Waals surface area (Å²) in [7, 11) is 0. The normalized spacial score (nSPS) is 56.4. The van der Waals surface area contributed by atoms with Gasteiger partial charge in [-0.3, -0.25) is 4.79 Å². The molecule has 6 aliphatic rings. The van der Waals surface area contributed by atoms with Gasteiger partial charge in [-0.15, -0.1) is 6.58 Å². The Morgan fingerprint density at radius 2 is 2.19 bits per heavy atom. The van der Waals surface area contributed by atoms with Crippen LogP contribution in [-0.2, 0) is 9.53 Å². The third kappa shape index (κ3) is 1.71. The van der Waals surface area contributed by atoms with Crippen LogP contribution in [0.5, 0.6) is 0 Å². The number of ketones is 1. The first-order valence-electron chi connectivity index (χ1n) is 10.8. The number of carbonyl (C=O) groups excluding carboxylic acids is 1. The van der Waals surface area contributed by atoms with Gasteiger partial charge in [-0.25, -0.2) is 0 Å². The molecule has 0 amide bonds. The van der Waals surface area contributed by atoms with Gasteiger partial charge in [0.15, 0.2) is 5.78 Å². The van der Waals surface area contributed by atoms with Gasteiger partial charge in [-0.1, -0.05) is 30.7 Å². The number of allylic oxidation sites excluding steroid dienone is 2. The van der Waals surface area contributed by atoms with Crippen molar-refractivity contribution in [2.75, 3.05) is 6.61 Å². The minimum absolute atomic E-state index is 0.0255. The maximum atomic E-state index is 12.0. The molecule has 0 radical (unpaired) electrons. The lowest BCUT2D eigenvalue weighted by atomic mass is 9.47. The third-order valence-electron chi connectivity index (χ3n) is 9.48. The van der Waals surface area contributed by atoms with Crippen molar-refractivity contribution in [1.29, 1.82) is 0 Å². The van der Waals surface area contributed by atoms with Gasteiger partial charge in [0.25, 0.3) is 0 Å². The summed E-state index contributed by atoms with van der Waals surface area (Å²) in [4.78, 5) is 12.0. The number of hydrogen-bond acceptors (Lipinski definition) is 2. The first-order chi connectivity index (χ1) is 12.6. The summed E-state index contributed by atoms with van der Waals surface area (Å²) < 4.78 is 6.50. The van der Waals surface area contributed by atoms with Gasteiger partial charge >= 0.3 is 0 Å². The van der Waals surface area contributed by atoms with Crippen LogP contribution < -0.4 is 0 Å². The molecule has 1 spiro atoms. The zero-order chi connectivity index (χ0) is 17.7. The van der Waals surface area contributed by atoms with Crippen molar-refractivity contribution in [3.63, 3.8) is 0 Å². The molecule has 0 bridgehead atoms. The molecular formula is C24H30O2. The molecule has 4 fully saturated rings. The van der Waals surface area contributed by atoms with Crippen LogP contribution in [0, 0.1) is 46.8 Å². The van der Waals surface area contributed by atoms with Gasteiger partial charge < -0.3 is 4.74 Å². The van der Waals surface area contributed by atoms with E-state index in [1.165, 1.54) is 24.8 Å². The van der Waals surface area contributed by atoms with E-state index in [9.17, 15) is 4.79 Å². The molecule has 0 N–H and O–H groups in total. The Morgan fingerprint density at radius 1 is 1.31 bits per heavy atom. The lowest BCUT2D eigenvalue weighted by Crippen LogP contribution is -2.56. The minimum atomic E-state index is 0.0255. The van der Waals surface area contributed by atoms with Crippen molar-refractivity contribution in [1.82, 2.24) is 0 Å². The van der Waals surface area contributed by atoms with Crippen LogP contribution in [0.3, 0.4) is 0 Å². The molecule has 9 atom stereocenters. The molecule has 7 unspecified atom stereocenters. The largest absolute Gasteiger partial charge is 0.366 e. The highest BCUT2D eigenvalue weighted by Crippen LogP contribution is 2.78. The van der Waals surface area contributed by atoms with Gasteiger partial charge in [0.1, 0.15) is 0 Å². The predicted octanol–water partition coefficient (Wildman–Crippen LogP) is 4.72. The van der Waals surface area contributed by atoms with Crippen molar-refractivity contribution in [2.45, 2.75) is 51.0 Å². The quantitative estimate of drug-likeness (QED) is 0.640. The van der Waals surface area contributed by atoms with Crippen molar-refractivity contribution >= 4 is 5.78 Å². The van der Waals surface area contributed by atoms with Gasteiger partial charge in [-0.2, -0.15) is 0 Å². The molecule has 0 aromatic carbocycles. The lowest BCUT2D eigenvalue weighted by Gasteiger charge is -2.59. The van der Waals surface area contributed by atoms with Gasteiger partial charge in [-0.05, 0) is 79.6 Å². The molecule has 5 aliphatic carbocycles. The average Bonchev–Trinajstić information content (AvgIpc) is 3.20. The third-order valence-corrected chi connectivity index (χ3v) is 9.48. The van der Waals surface area contributed by atoms with E-state index in [0.29, 0.717) is 23.0 Å². The molecule has 6 rings (SSSR count). The minimum Gasteiger partial charge on any atom is -0.366 e. The van der Waals surface area contributed by atoms with Gasteiger partial charge in [0.2, 0.25) is 0 Å². The summed E-state index contributed by atoms with van der Waals surface area (Å²) >= 11 is 0. The van der Waals surface area contributed by atoms with E-state index < -0.39 is 0 Å². The Labute approximate surface area is 156 Å². The average molecular weight is 351 g/mol. The van der Waals surface area contributed by atoms with E-state index in [0.717, 1.165) is 55.5 Å². The smallest absolute Gasteiger partial charge is 0.155 e. The van der Waals surface area contributed by atoms with E-state index in [1.54, 1.807) is 0 Å². The number of rotatable bonds is 1. The van der Waals surface area contributed by atoms with E-state index in [1.807, 2.05) is 6.08 Å². The highest BCUT2D eigenvalue weighted by atomic mass is 16.5. The fourth-order valence-corrected chi connectivity index (χ4v) is 8.57. The van der Waals surface area contributed by atoms with Crippen LogP contribution in [0.1, 0.15) is 45.4 Å². The van der Waals surface area contributed by atoms with Gasteiger partial charge in [0.05, 0.1) is 12.2 Å². The first kappa shape index (κ1) is 15.9. The Bertz CT molecular complexity index is 747. The summed E-state index contributed by atoms with van der Waals surface area (Å²) in [5.41, 5.74) is 1.77. The van der Waals surface area contributed by atoms with Crippen LogP contribution in [0.2, 0.25) is 0 Å². The molecule has 4 saturated carbocycles. The summed E-state index contributed by atoms with van der Waals surface area (Å²) in [6.45, 7) is 7.59. The molecule has 2 heteroatoms. The Balaban J connectivity index is 1.43. The molecule has 0 aromatic rings. The van der Waals surface area contributed by atoms with Crippen LogP contribution in [0.15, 0.2) is 36.5 Å². The zero-order valence-electron chi connectivity index (χ0n) is 15.8. The predicted molar refractivity (Wildman–Crippen MR) is 101 cm³/mol. The first-order valence-corrected chi connectivity index (χ1v) is 10.8. The monoisotopic (exact) mass is 350 g/mol. The highest BCUT2D eigenvalue weighted by molar-refractivity contribution is 5.91. The van der Waals surface area contributed by atoms with Crippen molar-refractivity contribution in [3.05, 3.63) is 36.5 Å². The van der Waals surface area contributed by atoms with E-state index >= 15 is 0 Å². The van der Waals surface area contributed by atoms with Crippen molar-refractivity contribution < 1.29 is 9.53 Å². The zero-order valence-corrected chi connectivity index (χ0v) is 15.8. The molecule has 2 nitrogen and oxygen atoms in total. The van der Waals surface area contributed by atoms with Crippen molar-refractivity contribution in [3.8, 4) is 0 Å². The second-order valence-electron chi connectivity index (χ2n) is 10.2. The molecule has 26 heavy (non-hydrogen) atoms. The van der Waals surface area contributed by atoms with Crippen LogP contribution >= 0.6 is 0 Å². The lowest BCUT2D eigenvalue weighted by molar-refractivity contribution is -0.137. The second kappa shape index (κ2) is 5.01. The van der Waals surface area contributed by atoms with Crippen LogP contribution in [0.4, 0.5) is 0 Å². The van der Waals surface area contributed by atoms with Crippen molar-refractivity contribution in [2.24, 2.45) is 46.8 Å². The molecular weight excluding hydrogens is 320 g/mol. The van der Waals surface area contributed by atoms with E-state index in [2.05, 4.69) is 31.7 Å². The summed E-state index contributed by atoms with van der Waals surface area (Å²) in [5.74, 6) is 5.44. The second-order valence-corrected chi connectivity index (χ2v) is 10.2. The maximum absolute atomic E-state index is 12.0. The SMILES string of the molecule is C=CC1CC2=CC(=O)CCC2C2CC[C@@]3(C)C(C4CC4[C@@]34C=CCO4)C12. The molecule has 0 aromatic heterocycles. The maximum Gasteiger partial charge on any atom is 0.155 e. The Hall–Kier alpha value is -1.15. The standard InChI is InChI=1S/C24H30O2/c1-3-14-11-15-12-16(25)5-6-17(15)18-7-9-23(2)22(21(14)18)19-13-20(19)24(23)8-4-10-26-24/h3-4,8,12,14,17-22H,1,5-7,9-11,13H2,2H3/t14?,17?,18?,19?,20?,21?,22?,23-,24-/m0/s1. The highest BCUT2D eigenvalue weighted by Gasteiger charge is 2.76. The fourth-order valence-electron chi connectivity index (χ4n) is 8.57. The summed E-state index contributed by atoms with van der Waals surface area (Å²) in [6.07, 6.45) is 15.9. The van der Waals surface area contributed by atoms with E-state index in [-0.39, 0.29) is 5.60 Å². The van der Waals surface area contributed by atoms with E-state index in [4.69, 9.17) is 4.74 Å². The summed E-state index contributed by atoms with van der Waals surface area (Å²) in [5, 5.41) is 0. The topological polar surface area (TPSA) is 26.3 Å².